The highest BCUT2D eigenvalue weighted by Gasteiger charge is 2.32. The molecule has 0 saturated heterocycles. The predicted molar refractivity (Wildman–Crippen MR) is 112 cm³/mol. The summed E-state index contributed by atoms with van der Waals surface area (Å²) in [6, 6.07) is 12.4. The van der Waals surface area contributed by atoms with E-state index in [1.54, 1.807) is 38.1 Å². The quantitative estimate of drug-likeness (QED) is 0.237. The van der Waals surface area contributed by atoms with Gasteiger partial charge in [0, 0.05) is 15.6 Å². The third-order valence-electron chi connectivity index (χ3n) is 3.67. The van der Waals surface area contributed by atoms with Crippen molar-refractivity contribution in [3.05, 3.63) is 64.1 Å². The van der Waals surface area contributed by atoms with Crippen LogP contribution in [0.15, 0.2) is 53.7 Å². The Morgan fingerprint density at radius 2 is 1.66 bits per heavy atom. The van der Waals surface area contributed by atoms with Gasteiger partial charge in [-0.1, -0.05) is 47.4 Å². The van der Waals surface area contributed by atoms with Gasteiger partial charge in [-0.05, 0) is 49.7 Å². The summed E-state index contributed by atoms with van der Waals surface area (Å²) in [5, 5.41) is 4.55. The molecule has 29 heavy (non-hydrogen) atoms. The minimum atomic E-state index is -4.38. The second-order valence-electron chi connectivity index (χ2n) is 5.97. The lowest BCUT2D eigenvalue weighted by atomic mass is 10.2. The minimum Gasteiger partial charge on any atom is -0.482 e. The van der Waals surface area contributed by atoms with Gasteiger partial charge in [-0.3, -0.25) is 4.57 Å². The number of hydrogen-bond acceptors (Lipinski definition) is 6. The molecule has 0 amide bonds. The molecular weight excluding hydrogens is 440 g/mol. The zero-order valence-electron chi connectivity index (χ0n) is 15.7. The summed E-state index contributed by atoms with van der Waals surface area (Å²) in [5.41, 5.74) is -0.177. The van der Waals surface area contributed by atoms with E-state index >= 15 is 0 Å². The van der Waals surface area contributed by atoms with E-state index in [-0.39, 0.29) is 5.56 Å². The van der Waals surface area contributed by atoms with Crippen LogP contribution >= 0.6 is 30.8 Å². The molecule has 2 atom stereocenters. The molecule has 7 nitrogen and oxygen atoms in total. The maximum atomic E-state index is 12.7. The molecule has 2 aromatic carbocycles. The lowest BCUT2D eigenvalue weighted by Gasteiger charge is -2.18. The monoisotopic (exact) mass is 459 g/mol. The smallest absolute Gasteiger partial charge is 0.381 e. The van der Waals surface area contributed by atoms with E-state index < -0.39 is 31.7 Å². The number of hydrogen-bond donors (Lipinski definition) is 1. The minimum absolute atomic E-state index is 0.231. The van der Waals surface area contributed by atoms with Gasteiger partial charge in [0.05, 0.1) is 6.10 Å². The van der Waals surface area contributed by atoms with Gasteiger partial charge in [-0.15, -0.1) is 0 Å². The molecule has 0 fully saturated rings. The predicted octanol–water partition coefficient (Wildman–Crippen LogP) is 5.28. The van der Waals surface area contributed by atoms with Gasteiger partial charge in [-0.2, -0.15) is 0 Å². The van der Waals surface area contributed by atoms with Crippen LogP contribution in [-0.2, 0) is 18.7 Å². The van der Waals surface area contributed by atoms with E-state index in [0.717, 1.165) is 0 Å². The fraction of sp³-hybridized carbons (Fsp3) is 0.263. The van der Waals surface area contributed by atoms with Gasteiger partial charge in [0.15, 0.2) is 12.1 Å². The van der Waals surface area contributed by atoms with Gasteiger partial charge >= 0.3 is 13.6 Å². The zero-order valence-corrected chi connectivity index (χ0v) is 18.2. The van der Waals surface area contributed by atoms with Crippen LogP contribution in [0.1, 0.15) is 25.8 Å². The van der Waals surface area contributed by atoms with Crippen LogP contribution in [0.5, 0.6) is 5.75 Å². The van der Waals surface area contributed by atoms with E-state index in [9.17, 15) is 14.3 Å². The molecule has 0 bridgehead atoms. The molecule has 0 spiro atoms. The summed E-state index contributed by atoms with van der Waals surface area (Å²) in [7, 11) is -4.38. The molecule has 0 aliphatic carbocycles. The average Bonchev–Trinajstić information content (AvgIpc) is 2.68. The molecule has 0 aromatic heterocycles. The summed E-state index contributed by atoms with van der Waals surface area (Å²) < 4.78 is 23.2. The Balaban J connectivity index is 2.15. The van der Waals surface area contributed by atoms with Crippen molar-refractivity contribution in [2.24, 2.45) is 5.16 Å². The summed E-state index contributed by atoms with van der Waals surface area (Å²) in [5.74, 6) is -0.462. The second-order valence-corrected chi connectivity index (χ2v) is 8.52. The Kier molecular flexibility index (Phi) is 8.68. The van der Waals surface area contributed by atoms with Gasteiger partial charge in [0.25, 0.3) is 0 Å². The van der Waals surface area contributed by atoms with Gasteiger partial charge in [0.2, 0.25) is 0 Å². The van der Waals surface area contributed by atoms with Crippen molar-refractivity contribution >= 4 is 42.2 Å². The molecule has 0 aliphatic rings. The normalized spacial score (nSPS) is 14.7. The maximum absolute atomic E-state index is 12.7. The van der Waals surface area contributed by atoms with Crippen LogP contribution in [0.3, 0.4) is 0 Å². The number of carbonyl (C=O) groups is 1. The van der Waals surface area contributed by atoms with Gasteiger partial charge in [0.1, 0.15) is 5.75 Å². The Bertz CT molecular complexity index is 902. The number of carbonyl (C=O) groups excluding carboxylic acids is 1. The number of benzene rings is 2. The van der Waals surface area contributed by atoms with Crippen molar-refractivity contribution in [3.8, 4) is 5.75 Å². The summed E-state index contributed by atoms with van der Waals surface area (Å²) >= 11 is 11.6. The van der Waals surface area contributed by atoms with Crippen molar-refractivity contribution in [2.75, 3.05) is 6.61 Å². The molecular formula is C19H20Cl2NO6P. The topological polar surface area (TPSA) is 94.4 Å². The van der Waals surface area contributed by atoms with E-state index in [2.05, 4.69) is 5.16 Å². The van der Waals surface area contributed by atoms with E-state index in [0.29, 0.717) is 22.2 Å². The van der Waals surface area contributed by atoms with Crippen LogP contribution in [0.2, 0.25) is 10.0 Å². The summed E-state index contributed by atoms with van der Waals surface area (Å²) in [6.07, 6.45) is -0.0000438. The number of nitrogens with zero attached hydrogens (tertiary/aromatic N) is 1. The van der Waals surface area contributed by atoms with Crippen molar-refractivity contribution in [1.82, 2.24) is 0 Å². The van der Waals surface area contributed by atoms with E-state index in [1.165, 1.54) is 24.3 Å². The molecule has 0 saturated carbocycles. The zero-order chi connectivity index (χ0) is 21.4. The highest BCUT2D eigenvalue weighted by atomic mass is 35.5. The third-order valence-corrected chi connectivity index (χ3v) is 5.70. The van der Waals surface area contributed by atoms with Crippen LogP contribution in [-0.4, -0.2) is 29.0 Å². The second kappa shape index (κ2) is 10.8. The van der Waals surface area contributed by atoms with E-state index in [1.807, 2.05) is 0 Å². The SMILES string of the molecule is CCC(C)OP(=O)(O)C(=NOC(=O)COc1ccc(Cl)cc1)c1ccc(Cl)cc1. The average molecular weight is 460 g/mol. The molecule has 1 N–H and O–H groups in total. The highest BCUT2D eigenvalue weighted by molar-refractivity contribution is 7.72. The lowest BCUT2D eigenvalue weighted by Crippen LogP contribution is -2.16. The Hall–Kier alpha value is -1.89. The molecule has 2 aromatic rings. The first-order chi connectivity index (χ1) is 13.7. The number of oxime groups is 1. The maximum Gasteiger partial charge on any atom is 0.381 e. The highest BCUT2D eigenvalue weighted by Crippen LogP contribution is 2.48. The fourth-order valence-corrected chi connectivity index (χ4v) is 3.64. The van der Waals surface area contributed by atoms with Crippen molar-refractivity contribution < 1.29 is 28.4 Å². The summed E-state index contributed by atoms with van der Waals surface area (Å²) in [6.45, 7) is 2.99. The van der Waals surface area contributed by atoms with Crippen LogP contribution in [0.4, 0.5) is 0 Å². The molecule has 2 rings (SSSR count). The number of ether oxygens (including phenoxy) is 1. The Morgan fingerprint density at radius 1 is 1.10 bits per heavy atom. The van der Waals surface area contributed by atoms with Crippen molar-refractivity contribution in [2.45, 2.75) is 26.4 Å². The van der Waals surface area contributed by atoms with Crippen LogP contribution in [0, 0.1) is 0 Å². The molecule has 0 heterocycles. The van der Waals surface area contributed by atoms with Crippen molar-refractivity contribution in [3.63, 3.8) is 0 Å². The molecule has 10 heteroatoms. The molecule has 0 aliphatic heterocycles. The molecule has 156 valence electrons. The third kappa shape index (κ3) is 7.46. The fourth-order valence-electron chi connectivity index (χ4n) is 2.03. The van der Waals surface area contributed by atoms with Crippen LogP contribution < -0.4 is 4.74 Å². The first kappa shape index (κ1) is 23.4. The number of halogens is 2. The molecule has 0 radical (unpaired) electrons. The van der Waals surface area contributed by atoms with Gasteiger partial charge < -0.3 is 19.0 Å². The Morgan fingerprint density at radius 3 is 2.21 bits per heavy atom. The standard InChI is InChI=1S/C19H20Cl2NO6P/c1-3-13(2)28-29(24,25)19(14-4-6-15(20)7-5-14)22-27-18(23)12-26-17-10-8-16(21)9-11-17/h4-11,13H,3,12H2,1-2H3,(H,24,25). The first-order valence-corrected chi connectivity index (χ1v) is 11.0. The largest absolute Gasteiger partial charge is 0.482 e. The Labute approximate surface area is 178 Å². The number of rotatable bonds is 9. The lowest BCUT2D eigenvalue weighted by molar-refractivity contribution is -0.145. The van der Waals surface area contributed by atoms with E-state index in [4.69, 9.17) is 37.3 Å². The summed E-state index contributed by atoms with van der Waals surface area (Å²) in [4.78, 5) is 27.1. The first-order valence-electron chi connectivity index (χ1n) is 8.65. The van der Waals surface area contributed by atoms with Crippen molar-refractivity contribution in [1.29, 1.82) is 0 Å². The molecule has 2 unspecified atom stereocenters. The van der Waals surface area contributed by atoms with Gasteiger partial charge in [-0.25, -0.2) is 4.79 Å². The van der Waals surface area contributed by atoms with Crippen LogP contribution in [0.25, 0.3) is 0 Å².